The Bertz CT molecular complexity index is 987. The van der Waals surface area contributed by atoms with E-state index in [1.165, 1.54) is 19.2 Å². The van der Waals surface area contributed by atoms with Crippen molar-refractivity contribution in [3.05, 3.63) is 83.6 Å². The lowest BCUT2D eigenvalue weighted by molar-refractivity contribution is 0.101. The summed E-state index contributed by atoms with van der Waals surface area (Å²) in [4.78, 5) is 27.4. The number of Topliss-reactive ketones (excluding diaryl/α,β-unsaturated/α-hetero) is 1. The van der Waals surface area contributed by atoms with Gasteiger partial charge in [0.15, 0.2) is 17.4 Å². The van der Waals surface area contributed by atoms with Gasteiger partial charge in [0.05, 0.1) is 11.9 Å². The molecule has 0 bridgehead atoms. The second kappa shape index (κ2) is 7.74. The molecular weight excluding hydrogens is 352 g/mol. The molecule has 0 saturated carbocycles. The minimum Gasteiger partial charge on any atom is -0.354 e. The fraction of sp³-hybridized carbons (Fsp3) is 0.0500. The quantitative estimate of drug-likeness (QED) is 0.649. The first-order chi connectivity index (χ1) is 12.9. The third-order valence-corrected chi connectivity index (χ3v) is 3.77. The third kappa shape index (κ3) is 4.52. The second-order valence-electron chi connectivity index (χ2n) is 5.77. The lowest BCUT2D eigenvalue weighted by Gasteiger charge is -2.08. The van der Waals surface area contributed by atoms with Crippen LogP contribution in [0.2, 0.25) is 0 Å². The molecule has 1 aromatic heterocycles. The van der Waals surface area contributed by atoms with Gasteiger partial charge < -0.3 is 10.6 Å². The zero-order valence-electron chi connectivity index (χ0n) is 14.3. The van der Waals surface area contributed by atoms with Gasteiger partial charge in [-0.3, -0.25) is 9.59 Å². The van der Waals surface area contributed by atoms with Crippen LogP contribution in [-0.4, -0.2) is 16.7 Å². The normalized spacial score (nSPS) is 10.3. The Hall–Kier alpha value is -3.61. The maximum atomic E-state index is 13.2. The molecule has 0 atom stereocenters. The number of anilines is 3. The van der Waals surface area contributed by atoms with Crippen LogP contribution in [0, 0.1) is 11.6 Å². The summed E-state index contributed by atoms with van der Waals surface area (Å²) in [5, 5.41) is 5.63. The van der Waals surface area contributed by atoms with E-state index in [-0.39, 0.29) is 17.2 Å². The summed E-state index contributed by atoms with van der Waals surface area (Å²) < 4.78 is 26.1. The number of rotatable bonds is 5. The fourth-order valence-electron chi connectivity index (χ4n) is 2.32. The van der Waals surface area contributed by atoms with Crippen molar-refractivity contribution in [3.63, 3.8) is 0 Å². The molecule has 2 aromatic carbocycles. The van der Waals surface area contributed by atoms with Crippen molar-refractivity contribution in [2.45, 2.75) is 6.92 Å². The van der Waals surface area contributed by atoms with Crippen molar-refractivity contribution in [2.24, 2.45) is 0 Å². The number of hydrogen-bond acceptors (Lipinski definition) is 4. The first kappa shape index (κ1) is 18.2. The van der Waals surface area contributed by atoms with Crippen LogP contribution in [0.3, 0.4) is 0 Å². The van der Waals surface area contributed by atoms with Gasteiger partial charge in [0.2, 0.25) is 0 Å². The van der Waals surface area contributed by atoms with Gasteiger partial charge >= 0.3 is 0 Å². The highest BCUT2D eigenvalue weighted by atomic mass is 19.2. The third-order valence-electron chi connectivity index (χ3n) is 3.77. The summed E-state index contributed by atoms with van der Waals surface area (Å²) >= 11 is 0. The molecule has 5 nitrogen and oxygen atoms in total. The average Bonchev–Trinajstić information content (AvgIpc) is 2.66. The lowest BCUT2D eigenvalue weighted by atomic mass is 10.1. The predicted octanol–water partition coefficient (Wildman–Crippen LogP) is 4.56. The van der Waals surface area contributed by atoms with Crippen LogP contribution in [0.1, 0.15) is 27.6 Å². The van der Waals surface area contributed by atoms with E-state index in [9.17, 15) is 18.4 Å². The van der Waals surface area contributed by atoms with Crippen LogP contribution in [0.4, 0.5) is 26.0 Å². The first-order valence-electron chi connectivity index (χ1n) is 8.03. The van der Waals surface area contributed by atoms with Crippen LogP contribution in [0.15, 0.2) is 60.8 Å². The first-order valence-corrected chi connectivity index (χ1v) is 8.03. The minimum absolute atomic E-state index is 0.00986. The van der Waals surface area contributed by atoms with E-state index in [0.717, 1.165) is 17.8 Å². The van der Waals surface area contributed by atoms with Gasteiger partial charge in [-0.25, -0.2) is 13.8 Å². The van der Waals surface area contributed by atoms with Crippen molar-refractivity contribution in [1.82, 2.24) is 4.98 Å². The number of hydrogen-bond donors (Lipinski definition) is 2. The Morgan fingerprint density at radius 2 is 1.52 bits per heavy atom. The lowest BCUT2D eigenvalue weighted by Crippen LogP contribution is -2.13. The van der Waals surface area contributed by atoms with E-state index in [2.05, 4.69) is 15.6 Å². The molecule has 1 heterocycles. The standard InChI is InChI=1S/C20H15F2N3O2/c1-12(26)13-2-5-15(6-3-13)24-16-7-9-19(23-11-16)25-20(27)14-4-8-17(21)18(22)10-14/h2-11,24H,1H3,(H,23,25,27). The van der Waals surface area contributed by atoms with Crippen molar-refractivity contribution < 1.29 is 18.4 Å². The van der Waals surface area contributed by atoms with Crippen LogP contribution in [0.25, 0.3) is 0 Å². The summed E-state index contributed by atoms with van der Waals surface area (Å²) in [6.07, 6.45) is 1.51. The molecule has 1 amide bonds. The number of nitrogens with zero attached hydrogens (tertiary/aromatic N) is 1. The van der Waals surface area contributed by atoms with E-state index in [1.807, 2.05) is 0 Å². The van der Waals surface area contributed by atoms with Gasteiger partial charge in [-0.15, -0.1) is 0 Å². The summed E-state index contributed by atoms with van der Waals surface area (Å²) in [5.74, 6) is -2.45. The topological polar surface area (TPSA) is 71.1 Å². The number of carbonyl (C=O) groups is 2. The number of aromatic nitrogens is 1. The van der Waals surface area contributed by atoms with Crippen molar-refractivity contribution in [3.8, 4) is 0 Å². The largest absolute Gasteiger partial charge is 0.354 e. The maximum absolute atomic E-state index is 13.2. The molecule has 7 heteroatoms. The van der Waals surface area contributed by atoms with E-state index in [0.29, 0.717) is 11.3 Å². The number of ketones is 1. The van der Waals surface area contributed by atoms with Crippen molar-refractivity contribution in [2.75, 3.05) is 10.6 Å². The Kier molecular flexibility index (Phi) is 5.21. The number of pyridine rings is 1. The van der Waals surface area contributed by atoms with Gasteiger partial charge in [0.25, 0.3) is 5.91 Å². The molecule has 0 aliphatic carbocycles. The molecule has 0 saturated heterocycles. The highest BCUT2D eigenvalue weighted by Gasteiger charge is 2.10. The van der Waals surface area contributed by atoms with E-state index in [1.54, 1.807) is 36.4 Å². The SMILES string of the molecule is CC(=O)c1ccc(Nc2ccc(NC(=O)c3ccc(F)c(F)c3)nc2)cc1. The van der Waals surface area contributed by atoms with Crippen LogP contribution in [0.5, 0.6) is 0 Å². The van der Waals surface area contributed by atoms with Crippen molar-refractivity contribution in [1.29, 1.82) is 0 Å². The smallest absolute Gasteiger partial charge is 0.256 e. The summed E-state index contributed by atoms with van der Waals surface area (Å²) in [6.45, 7) is 1.50. The van der Waals surface area contributed by atoms with Crippen LogP contribution >= 0.6 is 0 Å². The number of benzene rings is 2. The molecule has 0 aliphatic heterocycles. The molecule has 0 fully saturated rings. The summed E-state index contributed by atoms with van der Waals surface area (Å²) in [5.41, 5.74) is 2.06. The number of amides is 1. The number of halogens is 2. The zero-order chi connectivity index (χ0) is 19.4. The molecule has 0 radical (unpaired) electrons. The molecule has 3 aromatic rings. The van der Waals surface area contributed by atoms with Crippen molar-refractivity contribution >= 4 is 28.9 Å². The number of carbonyl (C=O) groups excluding carboxylic acids is 2. The Labute approximate surface area is 154 Å². The van der Waals surface area contributed by atoms with Gasteiger partial charge in [-0.2, -0.15) is 0 Å². The molecule has 3 rings (SSSR count). The molecular formula is C20H15F2N3O2. The molecule has 2 N–H and O–H groups in total. The van der Waals surface area contributed by atoms with E-state index >= 15 is 0 Å². The van der Waals surface area contributed by atoms with Gasteiger partial charge in [0.1, 0.15) is 5.82 Å². The van der Waals surface area contributed by atoms with E-state index in [4.69, 9.17) is 0 Å². The molecule has 136 valence electrons. The number of nitrogens with one attached hydrogen (secondary N) is 2. The highest BCUT2D eigenvalue weighted by Crippen LogP contribution is 2.18. The van der Waals surface area contributed by atoms with E-state index < -0.39 is 17.5 Å². The van der Waals surface area contributed by atoms with Gasteiger partial charge in [-0.05, 0) is 61.5 Å². The second-order valence-corrected chi connectivity index (χ2v) is 5.77. The summed E-state index contributed by atoms with van der Waals surface area (Å²) in [6, 6.07) is 13.2. The predicted molar refractivity (Wildman–Crippen MR) is 98.3 cm³/mol. The average molecular weight is 367 g/mol. The minimum atomic E-state index is -1.09. The highest BCUT2D eigenvalue weighted by molar-refractivity contribution is 6.03. The van der Waals surface area contributed by atoms with Crippen LogP contribution in [-0.2, 0) is 0 Å². The summed E-state index contributed by atoms with van der Waals surface area (Å²) in [7, 11) is 0. The molecule has 27 heavy (non-hydrogen) atoms. The van der Waals surface area contributed by atoms with Gasteiger partial charge in [0, 0.05) is 16.8 Å². The molecule has 0 aliphatic rings. The zero-order valence-corrected chi connectivity index (χ0v) is 14.3. The molecule has 0 unspecified atom stereocenters. The Morgan fingerprint density at radius 1 is 0.852 bits per heavy atom. The Morgan fingerprint density at radius 3 is 2.11 bits per heavy atom. The Balaban J connectivity index is 1.65. The maximum Gasteiger partial charge on any atom is 0.256 e. The van der Waals surface area contributed by atoms with Crippen LogP contribution < -0.4 is 10.6 Å². The monoisotopic (exact) mass is 367 g/mol. The molecule has 0 spiro atoms. The fourth-order valence-corrected chi connectivity index (χ4v) is 2.32. The van der Waals surface area contributed by atoms with Gasteiger partial charge in [-0.1, -0.05) is 0 Å².